The third kappa shape index (κ3) is 6.42. The molecule has 0 unspecified atom stereocenters. The highest BCUT2D eigenvalue weighted by atomic mass is 32.2. The molecule has 41 heavy (non-hydrogen) atoms. The van der Waals surface area contributed by atoms with Gasteiger partial charge in [0.05, 0.1) is 30.8 Å². The maximum absolute atomic E-state index is 13.1. The van der Waals surface area contributed by atoms with E-state index < -0.39 is 21.5 Å². The number of nitrogens with one attached hydrogen (secondary N) is 1. The molecule has 0 bridgehead atoms. The van der Waals surface area contributed by atoms with Crippen molar-refractivity contribution in [2.45, 2.75) is 19.9 Å². The van der Waals surface area contributed by atoms with Crippen LogP contribution in [0.4, 0.5) is 0 Å². The minimum Gasteiger partial charge on any atom is -0.492 e. The van der Waals surface area contributed by atoms with Crippen LogP contribution in [0, 0.1) is 0 Å². The lowest BCUT2D eigenvalue weighted by molar-refractivity contribution is 0.0996. The molecule has 4 aromatic heterocycles. The Hall–Kier alpha value is -4.21. The quantitative estimate of drug-likeness (QED) is 0.236. The van der Waals surface area contributed by atoms with E-state index in [4.69, 9.17) is 10.5 Å². The van der Waals surface area contributed by atoms with E-state index in [0.29, 0.717) is 36.5 Å². The number of rotatable bonds is 11. The van der Waals surface area contributed by atoms with Crippen molar-refractivity contribution in [3.05, 3.63) is 64.6 Å². The lowest BCUT2D eigenvalue weighted by Crippen LogP contribution is -2.49. The van der Waals surface area contributed by atoms with Crippen LogP contribution in [0.25, 0.3) is 22.4 Å². The van der Waals surface area contributed by atoms with Gasteiger partial charge in [0.15, 0.2) is 11.2 Å². The molecule has 216 valence electrons. The molecule has 4 aromatic rings. The lowest BCUT2D eigenvalue weighted by atomic mass is 10.2. The Morgan fingerprint density at radius 2 is 1.98 bits per heavy atom. The average molecular weight is 582 g/mol. The van der Waals surface area contributed by atoms with E-state index in [2.05, 4.69) is 36.9 Å². The van der Waals surface area contributed by atoms with Crippen LogP contribution in [0.2, 0.25) is 0 Å². The van der Waals surface area contributed by atoms with Gasteiger partial charge < -0.3 is 20.4 Å². The maximum atomic E-state index is 13.1. The maximum Gasteiger partial charge on any atom is 0.277 e. The lowest BCUT2D eigenvalue weighted by Gasteiger charge is -2.33. The summed E-state index contributed by atoms with van der Waals surface area (Å²) in [6, 6.07) is 6.97. The van der Waals surface area contributed by atoms with Crippen molar-refractivity contribution in [3.63, 3.8) is 0 Å². The van der Waals surface area contributed by atoms with E-state index in [1.165, 1.54) is 17.1 Å². The van der Waals surface area contributed by atoms with Gasteiger partial charge in [-0.05, 0) is 31.2 Å². The Bertz CT molecular complexity index is 1700. The number of nitrogens with two attached hydrogens (primary N) is 1. The second-order valence-electron chi connectivity index (χ2n) is 9.56. The second kappa shape index (κ2) is 12.1. The number of hydrogen-bond acceptors (Lipinski definition) is 10. The third-order valence-electron chi connectivity index (χ3n) is 6.84. The number of aromatic nitrogens is 6. The summed E-state index contributed by atoms with van der Waals surface area (Å²) >= 11 is 0. The summed E-state index contributed by atoms with van der Waals surface area (Å²) in [7, 11) is -3.36. The predicted molar refractivity (Wildman–Crippen MR) is 151 cm³/mol. The fourth-order valence-corrected chi connectivity index (χ4v) is 6.12. The van der Waals surface area contributed by atoms with E-state index in [1.54, 1.807) is 34.8 Å². The molecule has 1 aliphatic heterocycles. The van der Waals surface area contributed by atoms with Crippen LogP contribution >= 0.6 is 0 Å². The number of carbonyl (C=O) groups excluding carboxylic acids is 1. The molecule has 5 rings (SSSR count). The number of likely N-dealkylation sites (N-methyl/N-ethyl adjacent to an activating group) is 1. The summed E-state index contributed by atoms with van der Waals surface area (Å²) < 4.78 is 34.1. The van der Waals surface area contributed by atoms with Crippen molar-refractivity contribution in [3.8, 4) is 17.1 Å². The summed E-state index contributed by atoms with van der Waals surface area (Å²) in [5, 5.41) is 4.23. The summed E-state index contributed by atoms with van der Waals surface area (Å²) in [4.78, 5) is 43.1. The van der Waals surface area contributed by atoms with Gasteiger partial charge in [-0.3, -0.25) is 24.2 Å². The van der Waals surface area contributed by atoms with Gasteiger partial charge in [-0.25, -0.2) is 13.4 Å². The largest absolute Gasteiger partial charge is 0.492 e. The zero-order chi connectivity index (χ0) is 29.0. The zero-order valence-electron chi connectivity index (χ0n) is 22.6. The van der Waals surface area contributed by atoms with Gasteiger partial charge in [0.25, 0.3) is 11.5 Å². The van der Waals surface area contributed by atoms with Crippen LogP contribution in [0.15, 0.2) is 47.7 Å². The van der Waals surface area contributed by atoms with Crippen molar-refractivity contribution in [2.24, 2.45) is 5.73 Å². The normalized spacial score (nSPS) is 14.9. The molecule has 0 saturated carbocycles. The number of pyridine rings is 2. The van der Waals surface area contributed by atoms with Crippen molar-refractivity contribution in [1.82, 2.24) is 38.9 Å². The molecular formula is C26H31N9O5S. The molecule has 1 amide bonds. The van der Waals surface area contributed by atoms with E-state index >= 15 is 0 Å². The van der Waals surface area contributed by atoms with E-state index in [9.17, 15) is 18.0 Å². The minimum atomic E-state index is -3.36. The molecule has 0 aromatic carbocycles. The number of H-pyrrole nitrogens is 1. The first-order chi connectivity index (χ1) is 19.7. The molecule has 14 nitrogen and oxygen atoms in total. The number of carbonyl (C=O) groups is 1. The molecule has 1 aliphatic rings. The van der Waals surface area contributed by atoms with Crippen molar-refractivity contribution < 1.29 is 17.9 Å². The predicted octanol–water partition coefficient (Wildman–Crippen LogP) is 0.460. The molecule has 1 fully saturated rings. The average Bonchev–Trinajstić information content (AvgIpc) is 3.35. The Kier molecular flexibility index (Phi) is 8.37. The summed E-state index contributed by atoms with van der Waals surface area (Å²) in [6.07, 6.45) is 4.89. The molecule has 0 radical (unpaired) electrons. The SMILES string of the molecule is CCN1CCN(S(=O)(=O)CCCOc2cncc(-c3nc4c(C(N)=O)nn(Cc5ccccn5)c4c(=O)[nH]3)c2)CC1. The van der Waals surface area contributed by atoms with Crippen LogP contribution in [-0.4, -0.2) is 98.3 Å². The number of sulfonamides is 1. The van der Waals surface area contributed by atoms with Gasteiger partial charge in [0.2, 0.25) is 10.0 Å². The first kappa shape index (κ1) is 28.3. The highest BCUT2D eigenvalue weighted by Gasteiger charge is 2.26. The topological polar surface area (TPSA) is 182 Å². The highest BCUT2D eigenvalue weighted by Crippen LogP contribution is 2.22. The number of nitrogens with zero attached hydrogens (tertiary/aromatic N) is 7. The molecule has 0 spiro atoms. The minimum absolute atomic E-state index is 0.0177. The Morgan fingerprint density at radius 1 is 1.17 bits per heavy atom. The first-order valence-corrected chi connectivity index (χ1v) is 14.8. The van der Waals surface area contributed by atoms with Crippen LogP contribution in [0.5, 0.6) is 5.75 Å². The standard InChI is InChI=1S/C26H31N9O5S/c1-2-33-8-10-34(11-9-33)41(38,39)13-5-12-40-20-14-18(15-28-16-20)25-30-21-22(24(27)36)32-35(23(21)26(37)31-25)17-19-6-3-4-7-29-19/h3-4,6-7,14-16H,2,5,8-13,17H2,1H3,(H2,27,36)(H,30,31,37). The van der Waals surface area contributed by atoms with E-state index in [1.807, 2.05) is 0 Å². The fourth-order valence-electron chi connectivity index (χ4n) is 4.66. The van der Waals surface area contributed by atoms with Gasteiger partial charge in [-0.15, -0.1) is 0 Å². The molecular weight excluding hydrogens is 550 g/mol. The number of primary amides is 1. The van der Waals surface area contributed by atoms with Crippen molar-refractivity contribution in [1.29, 1.82) is 0 Å². The third-order valence-corrected chi connectivity index (χ3v) is 8.80. The molecule has 0 aliphatic carbocycles. The van der Waals surface area contributed by atoms with Crippen LogP contribution in [0.1, 0.15) is 29.5 Å². The number of hydrogen-bond donors (Lipinski definition) is 2. The fraction of sp³-hybridized carbons (Fsp3) is 0.385. The van der Waals surface area contributed by atoms with Crippen molar-refractivity contribution >= 4 is 27.0 Å². The van der Waals surface area contributed by atoms with Gasteiger partial charge >= 0.3 is 0 Å². The summed E-state index contributed by atoms with van der Waals surface area (Å²) in [5.41, 5.74) is 6.10. The van der Waals surface area contributed by atoms with Crippen LogP contribution < -0.4 is 16.0 Å². The summed E-state index contributed by atoms with van der Waals surface area (Å²) in [5.74, 6) is -0.318. The van der Waals surface area contributed by atoms with Gasteiger partial charge in [-0.1, -0.05) is 13.0 Å². The molecule has 15 heteroatoms. The highest BCUT2D eigenvalue weighted by molar-refractivity contribution is 7.89. The molecule has 5 heterocycles. The van der Waals surface area contributed by atoms with Gasteiger partial charge in [0, 0.05) is 44.1 Å². The zero-order valence-corrected chi connectivity index (χ0v) is 23.4. The number of piperazine rings is 1. The first-order valence-electron chi connectivity index (χ1n) is 13.2. The number of ether oxygens (including phenoxy) is 1. The Balaban J connectivity index is 1.30. The van der Waals surface area contributed by atoms with Gasteiger partial charge in [-0.2, -0.15) is 9.40 Å². The molecule has 3 N–H and O–H groups in total. The van der Waals surface area contributed by atoms with Crippen LogP contribution in [0.3, 0.4) is 0 Å². The van der Waals surface area contributed by atoms with E-state index in [0.717, 1.165) is 19.6 Å². The van der Waals surface area contributed by atoms with Crippen LogP contribution in [-0.2, 0) is 16.6 Å². The number of aromatic amines is 1. The summed E-state index contributed by atoms with van der Waals surface area (Å²) in [6.45, 7) is 5.74. The molecule has 1 saturated heterocycles. The number of amides is 1. The molecule has 0 atom stereocenters. The Morgan fingerprint density at radius 3 is 2.68 bits per heavy atom. The van der Waals surface area contributed by atoms with Gasteiger partial charge in [0.1, 0.15) is 17.1 Å². The second-order valence-corrected chi connectivity index (χ2v) is 11.7. The number of fused-ring (bicyclic) bond motifs is 1. The monoisotopic (exact) mass is 581 g/mol. The Labute approximate surface area is 236 Å². The van der Waals surface area contributed by atoms with Crippen molar-refractivity contribution in [2.75, 3.05) is 45.1 Å². The van der Waals surface area contributed by atoms with E-state index in [-0.39, 0.29) is 41.5 Å². The smallest absolute Gasteiger partial charge is 0.277 e.